The second kappa shape index (κ2) is 9.23. The van der Waals surface area contributed by atoms with Gasteiger partial charge in [-0.25, -0.2) is 0 Å². The average Bonchev–Trinajstić information content (AvgIpc) is 3.46. The standard InChI is InChI=1S/C26H24N4O3S/c1-4-30-22-8-6-5-7-20(22)21-15-18(11-14-23(21)30)27-24(31)16(2)34-26-29-28-25(33-26)17-9-12-19(32-3)13-10-17/h5-16H,4H2,1-3H3,(H,27,31). The molecule has 1 atom stereocenters. The number of ether oxygens (including phenoxy) is 1. The number of thioether (sulfide) groups is 1. The van der Waals surface area contributed by atoms with Crippen LogP contribution in [0.5, 0.6) is 5.75 Å². The summed E-state index contributed by atoms with van der Waals surface area (Å²) in [5.74, 6) is 1.02. The lowest BCUT2D eigenvalue weighted by Gasteiger charge is -2.10. The molecule has 8 heteroatoms. The summed E-state index contributed by atoms with van der Waals surface area (Å²) in [5, 5.41) is 13.4. The molecule has 0 fully saturated rings. The maximum Gasteiger partial charge on any atom is 0.277 e. The number of rotatable bonds is 7. The molecular formula is C26H24N4O3S. The highest BCUT2D eigenvalue weighted by Gasteiger charge is 2.20. The number of aryl methyl sites for hydroxylation is 1. The molecule has 0 aliphatic carbocycles. The maximum atomic E-state index is 12.9. The first-order valence-corrected chi connectivity index (χ1v) is 11.9. The number of benzene rings is 3. The highest BCUT2D eigenvalue weighted by atomic mass is 32.2. The van der Waals surface area contributed by atoms with Gasteiger partial charge in [0.25, 0.3) is 5.22 Å². The predicted molar refractivity (Wildman–Crippen MR) is 135 cm³/mol. The molecule has 3 aromatic carbocycles. The lowest BCUT2D eigenvalue weighted by Crippen LogP contribution is -2.22. The van der Waals surface area contributed by atoms with Gasteiger partial charge in [-0.3, -0.25) is 4.79 Å². The molecule has 2 aromatic heterocycles. The number of nitrogens with one attached hydrogen (secondary N) is 1. The molecule has 0 aliphatic rings. The fourth-order valence-corrected chi connectivity index (χ4v) is 4.71. The number of nitrogens with zero attached hydrogens (tertiary/aromatic N) is 3. The molecule has 0 bridgehead atoms. The van der Waals surface area contributed by atoms with Gasteiger partial charge in [0.1, 0.15) is 5.75 Å². The number of aromatic nitrogens is 3. The normalized spacial score (nSPS) is 12.2. The summed E-state index contributed by atoms with van der Waals surface area (Å²) in [7, 11) is 1.62. The molecule has 0 spiro atoms. The average molecular weight is 473 g/mol. The summed E-state index contributed by atoms with van der Waals surface area (Å²) in [6.45, 7) is 4.84. The van der Waals surface area contributed by atoms with Crippen molar-refractivity contribution < 1.29 is 13.9 Å². The van der Waals surface area contributed by atoms with Crippen molar-refractivity contribution in [1.82, 2.24) is 14.8 Å². The lowest BCUT2D eigenvalue weighted by atomic mass is 10.1. The number of anilines is 1. The van der Waals surface area contributed by atoms with Crippen molar-refractivity contribution >= 4 is 45.2 Å². The topological polar surface area (TPSA) is 82.2 Å². The number of fused-ring (bicyclic) bond motifs is 3. The van der Waals surface area contributed by atoms with Crippen molar-refractivity contribution in [1.29, 1.82) is 0 Å². The number of methoxy groups -OCH3 is 1. The van der Waals surface area contributed by atoms with Crippen molar-refractivity contribution in [3.05, 3.63) is 66.7 Å². The van der Waals surface area contributed by atoms with Crippen molar-refractivity contribution in [3.8, 4) is 17.2 Å². The number of hydrogen-bond acceptors (Lipinski definition) is 6. The van der Waals surface area contributed by atoms with Gasteiger partial charge in [0.15, 0.2) is 0 Å². The van der Waals surface area contributed by atoms with Crippen LogP contribution in [0.25, 0.3) is 33.3 Å². The Hall–Kier alpha value is -3.78. The van der Waals surface area contributed by atoms with E-state index in [-0.39, 0.29) is 5.91 Å². The third-order valence-electron chi connectivity index (χ3n) is 5.75. The molecule has 0 aliphatic heterocycles. The van der Waals surface area contributed by atoms with E-state index < -0.39 is 5.25 Å². The first-order chi connectivity index (χ1) is 16.6. The molecule has 5 rings (SSSR count). The van der Waals surface area contributed by atoms with Gasteiger partial charge in [0.05, 0.1) is 12.4 Å². The van der Waals surface area contributed by atoms with E-state index >= 15 is 0 Å². The zero-order chi connectivity index (χ0) is 23.7. The van der Waals surface area contributed by atoms with Crippen LogP contribution in [0.4, 0.5) is 5.69 Å². The summed E-state index contributed by atoms with van der Waals surface area (Å²) in [6.07, 6.45) is 0. The van der Waals surface area contributed by atoms with Crippen molar-refractivity contribution in [2.24, 2.45) is 0 Å². The number of para-hydroxylation sites is 1. The van der Waals surface area contributed by atoms with Crippen molar-refractivity contribution in [2.45, 2.75) is 30.9 Å². The molecule has 5 aromatic rings. The molecule has 2 heterocycles. The third kappa shape index (κ3) is 4.12. The molecule has 1 amide bonds. The Labute approximate surface area is 201 Å². The molecule has 1 N–H and O–H groups in total. The Kier molecular flexibility index (Phi) is 5.98. The van der Waals surface area contributed by atoms with E-state index in [0.717, 1.165) is 34.4 Å². The Morgan fingerprint density at radius 3 is 2.59 bits per heavy atom. The second-order valence-electron chi connectivity index (χ2n) is 7.84. The zero-order valence-electron chi connectivity index (χ0n) is 19.1. The van der Waals surface area contributed by atoms with Crippen molar-refractivity contribution in [2.75, 3.05) is 12.4 Å². The Morgan fingerprint density at radius 1 is 1.06 bits per heavy atom. The summed E-state index contributed by atoms with van der Waals surface area (Å²) in [6, 6.07) is 21.7. The molecule has 0 saturated heterocycles. The van der Waals surface area contributed by atoms with Gasteiger partial charge < -0.3 is 19.0 Å². The molecule has 0 saturated carbocycles. The van der Waals surface area contributed by atoms with Crippen LogP contribution >= 0.6 is 11.8 Å². The second-order valence-corrected chi connectivity index (χ2v) is 9.14. The predicted octanol–water partition coefficient (Wildman–Crippen LogP) is 5.99. The fraction of sp³-hybridized carbons (Fsp3) is 0.192. The first-order valence-electron chi connectivity index (χ1n) is 11.0. The van der Waals surface area contributed by atoms with Crippen LogP contribution in [-0.2, 0) is 11.3 Å². The number of hydrogen-bond donors (Lipinski definition) is 1. The van der Waals surface area contributed by atoms with Crippen LogP contribution in [0.3, 0.4) is 0 Å². The molecule has 1 unspecified atom stereocenters. The molecule has 0 radical (unpaired) electrons. The van der Waals surface area contributed by atoms with Gasteiger partial charge in [0, 0.05) is 39.6 Å². The smallest absolute Gasteiger partial charge is 0.277 e. The number of carbonyl (C=O) groups is 1. The lowest BCUT2D eigenvalue weighted by molar-refractivity contribution is -0.115. The molecule has 34 heavy (non-hydrogen) atoms. The van der Waals surface area contributed by atoms with E-state index in [1.54, 1.807) is 7.11 Å². The highest BCUT2D eigenvalue weighted by molar-refractivity contribution is 8.00. The fourth-order valence-electron chi connectivity index (χ4n) is 4.03. The molecular weight excluding hydrogens is 448 g/mol. The van der Waals surface area contributed by atoms with Gasteiger partial charge >= 0.3 is 0 Å². The third-order valence-corrected chi connectivity index (χ3v) is 6.68. The maximum absolute atomic E-state index is 12.9. The van der Waals surface area contributed by atoms with Crippen LogP contribution in [0, 0.1) is 0 Å². The van der Waals surface area contributed by atoms with Crippen LogP contribution < -0.4 is 10.1 Å². The van der Waals surface area contributed by atoms with Crippen LogP contribution in [0.2, 0.25) is 0 Å². The summed E-state index contributed by atoms with van der Waals surface area (Å²) < 4.78 is 13.2. The van der Waals surface area contributed by atoms with E-state index in [1.807, 2.05) is 55.5 Å². The van der Waals surface area contributed by atoms with E-state index in [2.05, 4.69) is 45.2 Å². The highest BCUT2D eigenvalue weighted by Crippen LogP contribution is 2.32. The molecule has 7 nitrogen and oxygen atoms in total. The number of amides is 1. The van der Waals surface area contributed by atoms with Gasteiger partial charge in [-0.15, -0.1) is 10.2 Å². The van der Waals surface area contributed by atoms with Crippen LogP contribution in [0.1, 0.15) is 13.8 Å². The summed E-state index contributed by atoms with van der Waals surface area (Å²) in [4.78, 5) is 12.9. The quantitative estimate of drug-likeness (QED) is 0.293. The number of carbonyl (C=O) groups excluding carboxylic acids is 1. The van der Waals surface area contributed by atoms with Crippen LogP contribution in [-0.4, -0.2) is 33.0 Å². The van der Waals surface area contributed by atoms with E-state index in [4.69, 9.17) is 9.15 Å². The monoisotopic (exact) mass is 472 g/mol. The Balaban J connectivity index is 1.30. The van der Waals surface area contributed by atoms with E-state index in [9.17, 15) is 4.79 Å². The molecule has 172 valence electrons. The van der Waals surface area contributed by atoms with Gasteiger partial charge in [-0.2, -0.15) is 0 Å². The Morgan fingerprint density at radius 2 is 1.82 bits per heavy atom. The SMILES string of the molecule is CCn1c2ccccc2c2cc(NC(=O)C(C)Sc3nnc(-c4ccc(OC)cc4)o3)ccc21. The first kappa shape index (κ1) is 22.0. The van der Waals surface area contributed by atoms with Crippen molar-refractivity contribution in [3.63, 3.8) is 0 Å². The van der Waals surface area contributed by atoms with E-state index in [1.165, 1.54) is 22.7 Å². The zero-order valence-corrected chi connectivity index (χ0v) is 19.9. The minimum atomic E-state index is -0.420. The van der Waals surface area contributed by atoms with Gasteiger partial charge in [-0.1, -0.05) is 30.0 Å². The van der Waals surface area contributed by atoms with Crippen LogP contribution in [0.15, 0.2) is 76.4 Å². The summed E-state index contributed by atoms with van der Waals surface area (Å²) >= 11 is 1.23. The van der Waals surface area contributed by atoms with E-state index in [0.29, 0.717) is 11.1 Å². The minimum Gasteiger partial charge on any atom is -0.497 e. The minimum absolute atomic E-state index is 0.132. The Bertz CT molecular complexity index is 1470. The largest absolute Gasteiger partial charge is 0.497 e. The van der Waals surface area contributed by atoms with Gasteiger partial charge in [-0.05, 0) is 62.4 Å². The summed E-state index contributed by atoms with van der Waals surface area (Å²) in [5.41, 5.74) is 3.89. The van der Waals surface area contributed by atoms with Gasteiger partial charge in [0.2, 0.25) is 11.8 Å².